The van der Waals surface area contributed by atoms with E-state index in [0.29, 0.717) is 17.7 Å². The number of fused-ring (bicyclic) bond motifs is 1. The number of anilines is 1. The van der Waals surface area contributed by atoms with Gasteiger partial charge in [0.25, 0.3) is 5.22 Å². The minimum atomic E-state index is -0.0111. The molecule has 1 amide bonds. The largest absolute Gasteiger partial charge is 0.497 e. The van der Waals surface area contributed by atoms with Crippen molar-refractivity contribution in [2.45, 2.75) is 12.1 Å². The number of methoxy groups -OCH3 is 1. The maximum absolute atomic E-state index is 12.9. The molecule has 0 saturated heterocycles. The van der Waals surface area contributed by atoms with Crippen LogP contribution in [0, 0.1) is 0 Å². The van der Waals surface area contributed by atoms with E-state index in [1.807, 2.05) is 73.7 Å². The van der Waals surface area contributed by atoms with E-state index in [0.717, 1.165) is 27.8 Å². The molecule has 4 aromatic rings. The maximum Gasteiger partial charge on any atom is 0.277 e. The van der Waals surface area contributed by atoms with Crippen molar-refractivity contribution in [2.75, 3.05) is 24.3 Å². The van der Waals surface area contributed by atoms with Crippen molar-refractivity contribution in [3.63, 3.8) is 0 Å². The third kappa shape index (κ3) is 4.16. The van der Waals surface area contributed by atoms with E-state index in [9.17, 15) is 4.79 Å². The molecule has 0 fully saturated rings. The second-order valence-electron chi connectivity index (χ2n) is 6.53. The van der Waals surface area contributed by atoms with Gasteiger partial charge in [0.1, 0.15) is 5.75 Å². The highest BCUT2D eigenvalue weighted by atomic mass is 32.2. The first-order valence-corrected chi connectivity index (χ1v) is 10.6. The number of amides is 1. The van der Waals surface area contributed by atoms with Gasteiger partial charge in [-0.05, 0) is 42.6 Å². The molecular formula is C23H21N3O3S. The molecule has 0 aliphatic heterocycles. The molecule has 6 nitrogen and oxygen atoms in total. The van der Waals surface area contributed by atoms with Gasteiger partial charge in [-0.15, -0.1) is 10.2 Å². The maximum atomic E-state index is 12.9. The third-order valence-electron chi connectivity index (χ3n) is 4.74. The summed E-state index contributed by atoms with van der Waals surface area (Å²) in [5, 5.41) is 10.7. The molecule has 0 bridgehead atoms. The highest BCUT2D eigenvalue weighted by Crippen LogP contribution is 2.29. The lowest BCUT2D eigenvalue weighted by Crippen LogP contribution is -2.32. The Morgan fingerprint density at radius 1 is 1.03 bits per heavy atom. The van der Waals surface area contributed by atoms with E-state index >= 15 is 0 Å². The number of hydrogen-bond acceptors (Lipinski definition) is 6. The van der Waals surface area contributed by atoms with Crippen LogP contribution in [0.4, 0.5) is 5.69 Å². The first-order chi connectivity index (χ1) is 14.7. The molecule has 0 aliphatic rings. The van der Waals surface area contributed by atoms with Gasteiger partial charge >= 0.3 is 0 Å². The van der Waals surface area contributed by atoms with Crippen LogP contribution in [-0.2, 0) is 4.79 Å². The topological polar surface area (TPSA) is 68.5 Å². The number of hydrogen-bond donors (Lipinski definition) is 0. The predicted octanol–water partition coefficient (Wildman–Crippen LogP) is 5.04. The van der Waals surface area contributed by atoms with Crippen LogP contribution in [0.2, 0.25) is 0 Å². The number of nitrogens with zero attached hydrogens (tertiary/aromatic N) is 3. The van der Waals surface area contributed by atoms with Gasteiger partial charge in [-0.25, -0.2) is 0 Å². The van der Waals surface area contributed by atoms with Crippen molar-refractivity contribution in [2.24, 2.45) is 0 Å². The van der Waals surface area contributed by atoms with Gasteiger partial charge in [-0.3, -0.25) is 4.79 Å². The van der Waals surface area contributed by atoms with Crippen molar-refractivity contribution in [3.8, 4) is 17.2 Å². The van der Waals surface area contributed by atoms with E-state index in [1.165, 1.54) is 11.8 Å². The van der Waals surface area contributed by atoms with Gasteiger partial charge < -0.3 is 14.1 Å². The van der Waals surface area contributed by atoms with Crippen LogP contribution in [0.25, 0.3) is 22.2 Å². The molecule has 0 aliphatic carbocycles. The van der Waals surface area contributed by atoms with Crippen molar-refractivity contribution < 1.29 is 13.9 Å². The fourth-order valence-corrected chi connectivity index (χ4v) is 3.88. The molecule has 0 unspecified atom stereocenters. The summed E-state index contributed by atoms with van der Waals surface area (Å²) in [6, 6.07) is 21.4. The summed E-state index contributed by atoms with van der Waals surface area (Å²) in [7, 11) is 1.62. The third-order valence-corrected chi connectivity index (χ3v) is 5.54. The van der Waals surface area contributed by atoms with E-state index in [1.54, 1.807) is 12.0 Å². The van der Waals surface area contributed by atoms with E-state index < -0.39 is 0 Å². The molecule has 1 aromatic heterocycles. The summed E-state index contributed by atoms with van der Waals surface area (Å²) in [6.45, 7) is 2.55. The molecule has 3 aromatic carbocycles. The molecule has 30 heavy (non-hydrogen) atoms. The van der Waals surface area contributed by atoms with E-state index in [-0.39, 0.29) is 11.7 Å². The van der Waals surface area contributed by atoms with E-state index in [4.69, 9.17) is 9.15 Å². The SMILES string of the molecule is CCN(C(=O)CSc1nnc(-c2ccc(OC)cc2)o1)c1cccc2ccccc12. The summed E-state index contributed by atoms with van der Waals surface area (Å²) in [4.78, 5) is 14.7. The van der Waals surface area contributed by atoms with E-state index in [2.05, 4.69) is 10.2 Å². The molecule has 152 valence electrons. The molecule has 1 heterocycles. The van der Waals surface area contributed by atoms with Crippen molar-refractivity contribution in [3.05, 3.63) is 66.7 Å². The van der Waals surface area contributed by atoms with Crippen LogP contribution in [0.15, 0.2) is 76.4 Å². The zero-order chi connectivity index (χ0) is 20.9. The lowest BCUT2D eigenvalue weighted by Gasteiger charge is -2.22. The van der Waals surface area contributed by atoms with Crippen LogP contribution in [0.1, 0.15) is 6.92 Å². The Kier molecular flexibility index (Phi) is 5.99. The summed E-state index contributed by atoms with van der Waals surface area (Å²) >= 11 is 1.24. The molecule has 0 N–H and O–H groups in total. The summed E-state index contributed by atoms with van der Waals surface area (Å²) in [6.07, 6.45) is 0. The first-order valence-electron chi connectivity index (χ1n) is 9.58. The normalized spacial score (nSPS) is 10.9. The van der Waals surface area contributed by atoms with Gasteiger partial charge in [0, 0.05) is 17.5 Å². The van der Waals surface area contributed by atoms with Crippen LogP contribution >= 0.6 is 11.8 Å². The van der Waals surface area contributed by atoms with Gasteiger partial charge in [0.2, 0.25) is 11.8 Å². The zero-order valence-electron chi connectivity index (χ0n) is 16.7. The van der Waals surface area contributed by atoms with Crippen LogP contribution in [-0.4, -0.2) is 35.5 Å². The molecule has 0 spiro atoms. The van der Waals surface area contributed by atoms with Crippen LogP contribution in [0.5, 0.6) is 5.75 Å². The first kappa shape index (κ1) is 20.0. The van der Waals surface area contributed by atoms with Gasteiger partial charge in [-0.2, -0.15) is 0 Å². The molecular weight excluding hydrogens is 398 g/mol. The van der Waals surface area contributed by atoms with Crippen LogP contribution in [0.3, 0.4) is 0 Å². The van der Waals surface area contributed by atoms with Gasteiger partial charge in [0.05, 0.1) is 18.6 Å². The number of carbonyl (C=O) groups excluding carboxylic acids is 1. The average Bonchev–Trinajstić information content (AvgIpc) is 3.27. The number of ether oxygens (including phenoxy) is 1. The highest BCUT2D eigenvalue weighted by molar-refractivity contribution is 7.99. The smallest absolute Gasteiger partial charge is 0.277 e. The Morgan fingerprint density at radius 2 is 1.80 bits per heavy atom. The number of benzene rings is 3. The lowest BCUT2D eigenvalue weighted by molar-refractivity contribution is -0.116. The highest BCUT2D eigenvalue weighted by Gasteiger charge is 2.18. The monoisotopic (exact) mass is 419 g/mol. The van der Waals surface area contributed by atoms with Gasteiger partial charge in [-0.1, -0.05) is 48.2 Å². The Balaban J connectivity index is 1.46. The molecule has 0 atom stereocenters. The summed E-state index contributed by atoms with van der Waals surface area (Å²) in [5.74, 6) is 1.37. The average molecular weight is 420 g/mol. The number of carbonyl (C=O) groups is 1. The number of aromatic nitrogens is 2. The second kappa shape index (κ2) is 9.00. The Morgan fingerprint density at radius 3 is 2.57 bits per heavy atom. The Bertz CT molecular complexity index is 1150. The lowest BCUT2D eigenvalue weighted by atomic mass is 10.1. The second-order valence-corrected chi connectivity index (χ2v) is 7.45. The van der Waals surface area contributed by atoms with Crippen molar-refractivity contribution in [1.82, 2.24) is 10.2 Å². The fraction of sp³-hybridized carbons (Fsp3) is 0.174. The molecule has 0 saturated carbocycles. The molecule has 4 rings (SSSR count). The molecule has 0 radical (unpaired) electrons. The minimum Gasteiger partial charge on any atom is -0.497 e. The minimum absolute atomic E-state index is 0.0111. The number of rotatable bonds is 7. The van der Waals surface area contributed by atoms with Crippen LogP contribution < -0.4 is 9.64 Å². The number of thioether (sulfide) groups is 1. The summed E-state index contributed by atoms with van der Waals surface area (Å²) < 4.78 is 10.9. The predicted molar refractivity (Wildman–Crippen MR) is 119 cm³/mol. The Labute approximate surface area is 178 Å². The van der Waals surface area contributed by atoms with Crippen molar-refractivity contribution >= 4 is 34.1 Å². The zero-order valence-corrected chi connectivity index (χ0v) is 17.6. The van der Waals surface area contributed by atoms with Crippen molar-refractivity contribution in [1.29, 1.82) is 0 Å². The standard InChI is InChI=1S/C23H21N3O3S/c1-3-26(20-10-6-8-16-7-4-5-9-19(16)20)21(27)15-30-23-25-24-22(29-23)17-11-13-18(28-2)14-12-17/h4-14H,3,15H2,1-2H3. The summed E-state index contributed by atoms with van der Waals surface area (Å²) in [5.41, 5.74) is 1.71. The Hall–Kier alpha value is -3.32. The van der Waals surface area contributed by atoms with Gasteiger partial charge in [0.15, 0.2) is 0 Å². The molecule has 7 heteroatoms. The fourth-order valence-electron chi connectivity index (χ4n) is 3.24. The quantitative estimate of drug-likeness (QED) is 0.391.